The third-order valence-electron chi connectivity index (χ3n) is 4.94. The minimum Gasteiger partial charge on any atom is -0.362 e. The summed E-state index contributed by atoms with van der Waals surface area (Å²) in [5.41, 5.74) is 8.90. The number of hydrogen-bond donors (Lipinski definition) is 4. The lowest BCUT2D eigenvalue weighted by Crippen LogP contribution is -2.34. The fraction of sp³-hybridized carbons (Fsp3) is 0.714. The molecule has 0 amide bonds. The minimum absolute atomic E-state index is 0.508. The molecular formula is C21H38N6S2. The van der Waals surface area contributed by atoms with Crippen molar-refractivity contribution in [3.63, 3.8) is 0 Å². The number of unbranched alkanes of at least 4 members (excludes halogenated alkanes) is 1. The molecule has 0 aromatic rings. The molecule has 8 heteroatoms. The highest BCUT2D eigenvalue weighted by molar-refractivity contribution is 7.80. The van der Waals surface area contributed by atoms with E-state index in [9.17, 15) is 0 Å². The van der Waals surface area contributed by atoms with Crippen molar-refractivity contribution in [1.82, 2.24) is 21.5 Å². The van der Waals surface area contributed by atoms with Crippen LogP contribution in [0.2, 0.25) is 0 Å². The average molecular weight is 439 g/mol. The zero-order valence-corrected chi connectivity index (χ0v) is 20.1. The van der Waals surface area contributed by atoms with Gasteiger partial charge in [0.15, 0.2) is 10.2 Å². The summed E-state index contributed by atoms with van der Waals surface area (Å²) in [5, 5.41) is 16.0. The lowest BCUT2D eigenvalue weighted by molar-refractivity contribution is 0.314. The van der Waals surface area contributed by atoms with Crippen LogP contribution < -0.4 is 21.5 Å². The van der Waals surface area contributed by atoms with E-state index >= 15 is 0 Å². The van der Waals surface area contributed by atoms with Gasteiger partial charge in [0.1, 0.15) is 0 Å². The highest BCUT2D eigenvalue weighted by Crippen LogP contribution is 2.34. The first-order chi connectivity index (χ1) is 13.8. The van der Waals surface area contributed by atoms with Crippen molar-refractivity contribution in [2.75, 3.05) is 13.1 Å². The Bertz CT molecular complexity index is 614. The van der Waals surface area contributed by atoms with Gasteiger partial charge in [-0.2, -0.15) is 10.2 Å². The summed E-state index contributed by atoms with van der Waals surface area (Å²) in [6.45, 7) is 14.0. The molecule has 0 aromatic heterocycles. The summed E-state index contributed by atoms with van der Waals surface area (Å²) < 4.78 is 0. The van der Waals surface area contributed by atoms with E-state index in [2.05, 4.69) is 45.2 Å². The molecule has 0 radical (unpaired) electrons. The fourth-order valence-electron chi connectivity index (χ4n) is 3.70. The van der Waals surface area contributed by atoms with Gasteiger partial charge in [0.2, 0.25) is 0 Å². The minimum atomic E-state index is 0.508. The molecule has 0 spiro atoms. The average Bonchev–Trinajstić information content (AvgIpc) is 2.65. The molecule has 0 heterocycles. The maximum Gasteiger partial charge on any atom is 0.186 e. The monoisotopic (exact) mass is 438 g/mol. The predicted molar refractivity (Wildman–Crippen MR) is 133 cm³/mol. The molecule has 0 saturated heterocycles. The van der Waals surface area contributed by atoms with E-state index < -0.39 is 0 Å². The number of thiocarbonyl (C=S) groups is 2. The van der Waals surface area contributed by atoms with Gasteiger partial charge in [-0.3, -0.25) is 10.9 Å². The van der Waals surface area contributed by atoms with Crippen LogP contribution in [0.25, 0.3) is 0 Å². The Balaban J connectivity index is 2.59. The van der Waals surface area contributed by atoms with E-state index in [0.717, 1.165) is 49.2 Å². The molecule has 6 nitrogen and oxygen atoms in total. The molecule has 4 N–H and O–H groups in total. The molecule has 0 bridgehead atoms. The van der Waals surface area contributed by atoms with E-state index in [1.807, 2.05) is 20.8 Å². The zero-order valence-electron chi connectivity index (χ0n) is 18.4. The standard InChI is InChI=1S/C21H38N6S2/c1-6-22-20(28)26-24-17(5)19(25-27-21(29)23-7-2)11-9-8-10-18-13-15(3)12-16(4)14-18/h16,18H,3,6-14H2,1-2,4-5H3,(H2,22,26,28)(H2,23,27,29)/b24-17+,25-19+. The van der Waals surface area contributed by atoms with Gasteiger partial charge in [0.25, 0.3) is 0 Å². The third-order valence-corrected chi connectivity index (χ3v) is 5.41. The van der Waals surface area contributed by atoms with Gasteiger partial charge in [0.05, 0.1) is 11.4 Å². The van der Waals surface area contributed by atoms with E-state index in [4.69, 9.17) is 24.4 Å². The smallest absolute Gasteiger partial charge is 0.186 e. The second-order valence-electron chi connectivity index (χ2n) is 7.81. The predicted octanol–water partition coefficient (Wildman–Crippen LogP) is 4.24. The van der Waals surface area contributed by atoms with Crippen LogP contribution in [-0.4, -0.2) is 34.7 Å². The normalized spacial score (nSPS) is 20.2. The Kier molecular flexibility index (Phi) is 12.7. The molecule has 1 fully saturated rings. The van der Waals surface area contributed by atoms with E-state index in [0.29, 0.717) is 10.2 Å². The van der Waals surface area contributed by atoms with Crippen molar-refractivity contribution >= 4 is 46.1 Å². The first-order valence-electron chi connectivity index (χ1n) is 10.7. The van der Waals surface area contributed by atoms with Crippen LogP contribution in [0, 0.1) is 11.8 Å². The summed E-state index contributed by atoms with van der Waals surface area (Å²) in [6, 6.07) is 0. The van der Waals surface area contributed by atoms with Crippen LogP contribution in [-0.2, 0) is 0 Å². The zero-order chi connectivity index (χ0) is 21.6. The number of rotatable bonds is 10. The molecular weight excluding hydrogens is 400 g/mol. The summed E-state index contributed by atoms with van der Waals surface area (Å²) in [4.78, 5) is 0. The van der Waals surface area contributed by atoms with E-state index in [-0.39, 0.29) is 0 Å². The maximum absolute atomic E-state index is 5.22. The molecule has 0 aliphatic heterocycles. The molecule has 1 aliphatic rings. The first-order valence-corrected chi connectivity index (χ1v) is 11.5. The summed E-state index contributed by atoms with van der Waals surface area (Å²) >= 11 is 10.4. The molecule has 0 aromatic carbocycles. The van der Waals surface area contributed by atoms with Crippen LogP contribution in [0.1, 0.15) is 72.6 Å². The van der Waals surface area contributed by atoms with Gasteiger partial charge in [-0.15, -0.1) is 0 Å². The summed E-state index contributed by atoms with van der Waals surface area (Å²) in [6.07, 6.45) is 8.05. The number of allylic oxidation sites excluding steroid dienone is 1. The molecule has 1 saturated carbocycles. The number of nitrogens with one attached hydrogen (secondary N) is 4. The first kappa shape index (κ1) is 25.5. The Morgan fingerprint density at radius 1 is 1.03 bits per heavy atom. The lowest BCUT2D eigenvalue weighted by Gasteiger charge is -2.28. The van der Waals surface area contributed by atoms with Crippen molar-refractivity contribution in [2.45, 2.75) is 72.6 Å². The Hall–Kier alpha value is -1.54. The Morgan fingerprint density at radius 2 is 1.66 bits per heavy atom. The van der Waals surface area contributed by atoms with Gasteiger partial charge >= 0.3 is 0 Å². The topological polar surface area (TPSA) is 72.8 Å². The molecule has 29 heavy (non-hydrogen) atoms. The van der Waals surface area contributed by atoms with Gasteiger partial charge < -0.3 is 10.6 Å². The highest BCUT2D eigenvalue weighted by Gasteiger charge is 2.20. The van der Waals surface area contributed by atoms with Gasteiger partial charge in [-0.1, -0.05) is 31.9 Å². The fourth-order valence-corrected chi connectivity index (χ4v) is 4.08. The van der Waals surface area contributed by atoms with Gasteiger partial charge in [0, 0.05) is 13.1 Å². The van der Waals surface area contributed by atoms with Crippen LogP contribution in [0.4, 0.5) is 0 Å². The van der Waals surface area contributed by atoms with Gasteiger partial charge in [-0.25, -0.2) is 0 Å². The summed E-state index contributed by atoms with van der Waals surface area (Å²) in [5.74, 6) is 1.55. The van der Waals surface area contributed by atoms with Crippen molar-refractivity contribution in [3.05, 3.63) is 12.2 Å². The third kappa shape index (κ3) is 11.3. The Morgan fingerprint density at radius 3 is 2.24 bits per heavy atom. The number of hydrazone groups is 2. The van der Waals surface area contributed by atoms with Crippen LogP contribution in [0.5, 0.6) is 0 Å². The Labute approximate surface area is 187 Å². The quantitative estimate of drug-likeness (QED) is 0.134. The molecule has 2 unspecified atom stereocenters. The largest absolute Gasteiger partial charge is 0.362 e. The highest BCUT2D eigenvalue weighted by atomic mass is 32.1. The van der Waals surface area contributed by atoms with Crippen LogP contribution in [0.3, 0.4) is 0 Å². The maximum atomic E-state index is 5.22. The van der Waals surface area contributed by atoms with E-state index in [1.165, 1.54) is 37.7 Å². The summed E-state index contributed by atoms with van der Waals surface area (Å²) in [7, 11) is 0. The van der Waals surface area contributed by atoms with Crippen LogP contribution in [0.15, 0.2) is 22.4 Å². The van der Waals surface area contributed by atoms with Crippen molar-refractivity contribution in [1.29, 1.82) is 0 Å². The lowest BCUT2D eigenvalue weighted by atomic mass is 9.78. The van der Waals surface area contributed by atoms with E-state index in [1.54, 1.807) is 0 Å². The van der Waals surface area contributed by atoms with Crippen LogP contribution >= 0.6 is 24.4 Å². The second kappa shape index (κ2) is 14.4. The number of hydrogen-bond acceptors (Lipinski definition) is 4. The van der Waals surface area contributed by atoms with Crippen molar-refractivity contribution in [2.24, 2.45) is 22.0 Å². The van der Waals surface area contributed by atoms with Crippen molar-refractivity contribution < 1.29 is 0 Å². The van der Waals surface area contributed by atoms with Crippen molar-refractivity contribution in [3.8, 4) is 0 Å². The molecule has 164 valence electrons. The second-order valence-corrected chi connectivity index (χ2v) is 8.63. The molecule has 1 aliphatic carbocycles. The van der Waals surface area contributed by atoms with Gasteiger partial charge in [-0.05, 0) is 89.1 Å². The molecule has 1 rings (SSSR count). The SMILES string of the molecule is C=C1CC(C)CC(CCCCC(=N\NC(=S)NCC)/C(C)=N/NC(=S)NCC)C1. The molecule has 2 atom stereocenters. The number of nitrogens with zero attached hydrogens (tertiary/aromatic N) is 2.